The highest BCUT2D eigenvalue weighted by molar-refractivity contribution is 7.92. The van der Waals surface area contributed by atoms with E-state index in [2.05, 4.69) is 15.4 Å². The molecule has 0 atom stereocenters. The summed E-state index contributed by atoms with van der Waals surface area (Å²) < 4.78 is 45.8. The lowest BCUT2D eigenvalue weighted by Gasteiger charge is -2.12. The molecule has 0 aromatic heterocycles. The molecular weight excluding hydrogens is 413 g/mol. The van der Waals surface area contributed by atoms with Gasteiger partial charge in [0.15, 0.2) is 5.11 Å². The molecule has 150 valence electrons. The molecule has 0 bridgehead atoms. The van der Waals surface area contributed by atoms with Gasteiger partial charge in [0.2, 0.25) is 0 Å². The summed E-state index contributed by atoms with van der Waals surface area (Å²) in [4.78, 5) is 0.0999. The Hall–Kier alpha value is -3.17. The van der Waals surface area contributed by atoms with Gasteiger partial charge in [-0.15, -0.1) is 0 Å². The molecule has 0 heterocycles. The molecule has 0 saturated heterocycles. The van der Waals surface area contributed by atoms with E-state index in [9.17, 15) is 12.8 Å². The largest absolute Gasteiger partial charge is 0.497 e. The monoisotopic (exact) mass is 431 g/mol. The van der Waals surface area contributed by atoms with Crippen LogP contribution in [-0.4, -0.2) is 20.6 Å². The minimum atomic E-state index is -3.74. The number of methoxy groups -OCH3 is 1. The predicted octanol–water partition coefficient (Wildman–Crippen LogP) is 4.44. The zero-order valence-corrected chi connectivity index (χ0v) is 17.0. The summed E-state index contributed by atoms with van der Waals surface area (Å²) in [5, 5.41) is 6.03. The third kappa shape index (κ3) is 5.66. The quantitative estimate of drug-likeness (QED) is 0.501. The molecule has 0 saturated carbocycles. The molecule has 0 fully saturated rings. The fourth-order valence-electron chi connectivity index (χ4n) is 2.45. The molecule has 0 aliphatic heterocycles. The van der Waals surface area contributed by atoms with Crippen molar-refractivity contribution in [3.8, 4) is 5.75 Å². The molecule has 3 aromatic carbocycles. The first-order valence-corrected chi connectivity index (χ1v) is 10.4. The molecule has 0 unspecified atom stereocenters. The maximum Gasteiger partial charge on any atom is 0.261 e. The first-order chi connectivity index (χ1) is 13.9. The molecule has 29 heavy (non-hydrogen) atoms. The Kier molecular flexibility index (Phi) is 6.30. The second-order valence-electron chi connectivity index (χ2n) is 5.95. The molecule has 0 aliphatic rings. The zero-order valence-electron chi connectivity index (χ0n) is 15.3. The fourth-order valence-corrected chi connectivity index (χ4v) is 3.74. The third-order valence-electron chi connectivity index (χ3n) is 3.85. The lowest BCUT2D eigenvalue weighted by molar-refractivity contribution is 0.415. The van der Waals surface area contributed by atoms with Crippen LogP contribution in [0.15, 0.2) is 77.7 Å². The van der Waals surface area contributed by atoms with Gasteiger partial charge < -0.3 is 15.4 Å². The van der Waals surface area contributed by atoms with Gasteiger partial charge in [-0.25, -0.2) is 12.8 Å². The van der Waals surface area contributed by atoms with Crippen LogP contribution in [0.1, 0.15) is 0 Å². The van der Waals surface area contributed by atoms with Gasteiger partial charge in [0.1, 0.15) is 11.6 Å². The van der Waals surface area contributed by atoms with Gasteiger partial charge in [-0.2, -0.15) is 0 Å². The van der Waals surface area contributed by atoms with Crippen LogP contribution in [0.5, 0.6) is 5.75 Å². The predicted molar refractivity (Wildman–Crippen MR) is 116 cm³/mol. The van der Waals surface area contributed by atoms with Crippen molar-refractivity contribution in [3.05, 3.63) is 78.6 Å². The van der Waals surface area contributed by atoms with E-state index in [1.807, 2.05) is 0 Å². The van der Waals surface area contributed by atoms with Crippen molar-refractivity contribution < 1.29 is 17.5 Å². The van der Waals surface area contributed by atoms with Gasteiger partial charge in [-0.05, 0) is 78.9 Å². The number of sulfonamides is 1. The molecule has 0 amide bonds. The Labute approximate surface area is 173 Å². The Morgan fingerprint density at radius 3 is 2.14 bits per heavy atom. The van der Waals surface area contributed by atoms with Gasteiger partial charge in [-0.1, -0.05) is 6.07 Å². The van der Waals surface area contributed by atoms with E-state index < -0.39 is 10.0 Å². The minimum absolute atomic E-state index is 0.0999. The van der Waals surface area contributed by atoms with E-state index in [1.165, 1.54) is 31.4 Å². The third-order valence-corrected chi connectivity index (χ3v) is 5.45. The van der Waals surface area contributed by atoms with Crippen molar-refractivity contribution in [1.29, 1.82) is 0 Å². The van der Waals surface area contributed by atoms with Crippen molar-refractivity contribution in [3.63, 3.8) is 0 Å². The molecule has 0 radical (unpaired) electrons. The summed E-state index contributed by atoms with van der Waals surface area (Å²) in [5.41, 5.74) is 1.51. The number of hydrogen-bond acceptors (Lipinski definition) is 4. The first-order valence-electron chi connectivity index (χ1n) is 8.46. The molecule has 6 nitrogen and oxygen atoms in total. The standard InChI is InChI=1S/C20H18FN3O3S2/c1-27-18-9-5-16(6-10-18)24-29(25,26)19-11-7-15(8-12-19)22-20(28)23-17-4-2-3-14(21)13-17/h2-13,24H,1H3,(H2,22,23,28). The van der Waals surface area contributed by atoms with E-state index in [0.29, 0.717) is 22.8 Å². The highest BCUT2D eigenvalue weighted by Crippen LogP contribution is 2.21. The number of anilines is 3. The van der Waals surface area contributed by atoms with E-state index in [1.54, 1.807) is 48.5 Å². The van der Waals surface area contributed by atoms with Gasteiger partial charge in [0.05, 0.1) is 12.0 Å². The van der Waals surface area contributed by atoms with E-state index in [0.717, 1.165) is 0 Å². The maximum atomic E-state index is 13.2. The SMILES string of the molecule is COc1ccc(NS(=O)(=O)c2ccc(NC(=S)Nc3cccc(F)c3)cc2)cc1. The molecule has 0 aliphatic carbocycles. The maximum absolute atomic E-state index is 13.2. The van der Waals surface area contributed by atoms with E-state index in [-0.39, 0.29) is 15.8 Å². The Morgan fingerprint density at radius 2 is 1.52 bits per heavy atom. The summed E-state index contributed by atoms with van der Waals surface area (Å²) in [6.07, 6.45) is 0. The fraction of sp³-hybridized carbons (Fsp3) is 0.0500. The van der Waals surface area contributed by atoms with Crippen LogP contribution in [0.2, 0.25) is 0 Å². The lowest BCUT2D eigenvalue weighted by Crippen LogP contribution is -2.19. The van der Waals surface area contributed by atoms with Crippen molar-refractivity contribution in [2.75, 3.05) is 22.5 Å². The van der Waals surface area contributed by atoms with Gasteiger partial charge >= 0.3 is 0 Å². The smallest absolute Gasteiger partial charge is 0.261 e. The van der Waals surface area contributed by atoms with Crippen LogP contribution < -0.4 is 20.1 Å². The van der Waals surface area contributed by atoms with Gasteiger partial charge in [0, 0.05) is 17.1 Å². The summed E-state index contributed by atoms with van der Waals surface area (Å²) in [6.45, 7) is 0. The first kappa shape index (κ1) is 20.6. The number of benzene rings is 3. The Morgan fingerprint density at radius 1 is 0.897 bits per heavy atom. The molecule has 3 rings (SSSR count). The van der Waals surface area contributed by atoms with E-state index in [4.69, 9.17) is 17.0 Å². The highest BCUT2D eigenvalue weighted by atomic mass is 32.2. The number of nitrogens with one attached hydrogen (secondary N) is 3. The number of ether oxygens (including phenoxy) is 1. The number of hydrogen-bond donors (Lipinski definition) is 3. The van der Waals surface area contributed by atoms with Crippen LogP contribution in [0.4, 0.5) is 21.5 Å². The normalized spacial score (nSPS) is 10.8. The Balaban J connectivity index is 1.64. The molecule has 0 spiro atoms. The van der Waals surface area contributed by atoms with Gasteiger partial charge in [-0.3, -0.25) is 4.72 Å². The molecular formula is C20H18FN3O3S2. The van der Waals surface area contributed by atoms with Crippen LogP contribution >= 0.6 is 12.2 Å². The highest BCUT2D eigenvalue weighted by Gasteiger charge is 2.14. The summed E-state index contributed by atoms with van der Waals surface area (Å²) in [6, 6.07) is 18.5. The van der Waals surface area contributed by atoms with Crippen LogP contribution in [-0.2, 0) is 10.0 Å². The minimum Gasteiger partial charge on any atom is -0.497 e. The lowest BCUT2D eigenvalue weighted by atomic mass is 10.3. The average Bonchev–Trinajstić information content (AvgIpc) is 2.68. The number of thiocarbonyl (C=S) groups is 1. The summed E-state index contributed by atoms with van der Waals surface area (Å²) >= 11 is 5.19. The average molecular weight is 432 g/mol. The summed E-state index contributed by atoms with van der Waals surface area (Å²) in [5.74, 6) is 0.253. The van der Waals surface area contributed by atoms with E-state index >= 15 is 0 Å². The van der Waals surface area contributed by atoms with Crippen molar-refractivity contribution in [2.24, 2.45) is 0 Å². The van der Waals surface area contributed by atoms with Gasteiger partial charge in [0.25, 0.3) is 10.0 Å². The number of rotatable bonds is 6. The molecule has 9 heteroatoms. The van der Waals surface area contributed by atoms with Crippen LogP contribution in [0, 0.1) is 5.82 Å². The number of halogens is 1. The second-order valence-corrected chi connectivity index (χ2v) is 8.04. The van der Waals surface area contributed by atoms with Crippen LogP contribution in [0.3, 0.4) is 0 Å². The zero-order chi connectivity index (χ0) is 20.9. The van der Waals surface area contributed by atoms with Crippen molar-refractivity contribution >= 4 is 44.4 Å². The molecule has 3 aromatic rings. The van der Waals surface area contributed by atoms with Crippen molar-refractivity contribution in [1.82, 2.24) is 0 Å². The van der Waals surface area contributed by atoms with Crippen molar-refractivity contribution in [2.45, 2.75) is 4.90 Å². The topological polar surface area (TPSA) is 79.5 Å². The summed E-state index contributed by atoms with van der Waals surface area (Å²) in [7, 11) is -2.20. The van der Waals surface area contributed by atoms with Crippen LogP contribution in [0.25, 0.3) is 0 Å². The molecule has 3 N–H and O–H groups in total. The second kappa shape index (κ2) is 8.89. The Bertz CT molecular complexity index is 1100.